The lowest BCUT2D eigenvalue weighted by Gasteiger charge is -2.35. The number of aromatic nitrogens is 1. The molecule has 2 aromatic rings. The van der Waals surface area contributed by atoms with Gasteiger partial charge in [-0.15, -0.1) is 0 Å². The van der Waals surface area contributed by atoms with E-state index in [4.69, 9.17) is 4.74 Å². The highest BCUT2D eigenvalue weighted by Gasteiger charge is 2.36. The molecule has 6 heteroatoms. The van der Waals surface area contributed by atoms with Crippen LogP contribution in [0.3, 0.4) is 0 Å². The Morgan fingerprint density at radius 1 is 1.10 bits per heavy atom. The minimum absolute atomic E-state index is 0.00947. The molecule has 1 fully saturated rings. The van der Waals surface area contributed by atoms with E-state index in [1.165, 1.54) is 0 Å². The van der Waals surface area contributed by atoms with Gasteiger partial charge >= 0.3 is 0 Å². The summed E-state index contributed by atoms with van der Waals surface area (Å²) in [6.45, 7) is 2.32. The van der Waals surface area contributed by atoms with Crippen LogP contribution in [0.5, 0.6) is 0 Å². The first-order valence-electron chi connectivity index (χ1n) is 10.7. The number of likely N-dealkylation sites (N-methyl/N-ethyl adjacent to an activating group) is 2. The average molecular weight is 412 g/mol. The summed E-state index contributed by atoms with van der Waals surface area (Å²) in [5.41, 5.74) is 2.15. The molecule has 6 nitrogen and oxygen atoms in total. The Kier molecular flexibility index (Phi) is 8.37. The van der Waals surface area contributed by atoms with Crippen LogP contribution >= 0.6 is 0 Å². The summed E-state index contributed by atoms with van der Waals surface area (Å²) in [4.78, 5) is 21.2. The quantitative estimate of drug-likeness (QED) is 0.687. The molecule has 1 aromatic heterocycles. The number of nitrogens with zero attached hydrogens (tertiary/aromatic N) is 3. The van der Waals surface area contributed by atoms with E-state index in [0.717, 1.165) is 43.6 Å². The molecule has 3 atom stereocenters. The summed E-state index contributed by atoms with van der Waals surface area (Å²) in [6.07, 6.45) is 3.42. The molecule has 3 rings (SSSR count). The summed E-state index contributed by atoms with van der Waals surface area (Å²) >= 11 is 0. The maximum absolute atomic E-state index is 12.9. The first-order chi connectivity index (χ1) is 14.5. The van der Waals surface area contributed by atoms with Crippen LogP contribution in [0.25, 0.3) is 0 Å². The van der Waals surface area contributed by atoms with E-state index < -0.39 is 12.2 Å². The number of aliphatic hydroxyl groups excluding tert-OH is 1. The Hall–Kier alpha value is -2.28. The number of hydrogen-bond acceptors (Lipinski definition) is 5. The zero-order valence-corrected chi connectivity index (χ0v) is 18.0. The molecular weight excluding hydrogens is 378 g/mol. The van der Waals surface area contributed by atoms with E-state index in [-0.39, 0.29) is 12.0 Å². The number of aliphatic hydroxyl groups is 1. The Balaban J connectivity index is 1.45. The molecule has 0 aliphatic carbocycles. The molecule has 1 amide bonds. The number of hydrogen-bond donors (Lipinski definition) is 1. The monoisotopic (exact) mass is 411 g/mol. The highest BCUT2D eigenvalue weighted by Crippen LogP contribution is 2.24. The minimum Gasteiger partial charge on any atom is -0.390 e. The van der Waals surface area contributed by atoms with Gasteiger partial charge in [0, 0.05) is 45.0 Å². The molecule has 1 aromatic carbocycles. The lowest BCUT2D eigenvalue weighted by Crippen LogP contribution is -2.49. The number of amides is 1. The number of rotatable bonds is 9. The van der Waals surface area contributed by atoms with Crippen LogP contribution in [0.15, 0.2) is 54.7 Å². The third-order valence-electron chi connectivity index (χ3n) is 5.66. The molecule has 0 radical (unpaired) electrons. The zero-order chi connectivity index (χ0) is 21.3. The first-order valence-corrected chi connectivity index (χ1v) is 10.7. The van der Waals surface area contributed by atoms with Crippen molar-refractivity contribution in [2.75, 3.05) is 27.2 Å². The smallest absolute Gasteiger partial charge is 0.254 e. The highest BCUT2D eigenvalue weighted by molar-refractivity contribution is 5.81. The summed E-state index contributed by atoms with van der Waals surface area (Å²) in [7, 11) is 3.86. The van der Waals surface area contributed by atoms with Crippen LogP contribution in [0, 0.1) is 0 Å². The van der Waals surface area contributed by atoms with Gasteiger partial charge in [0.1, 0.15) is 0 Å². The molecule has 3 unspecified atom stereocenters. The Labute approximate surface area is 179 Å². The van der Waals surface area contributed by atoms with Gasteiger partial charge in [0.05, 0.1) is 12.2 Å². The molecule has 1 aliphatic heterocycles. The Morgan fingerprint density at radius 3 is 2.60 bits per heavy atom. The lowest BCUT2D eigenvalue weighted by atomic mass is 9.98. The van der Waals surface area contributed by atoms with Gasteiger partial charge < -0.3 is 19.6 Å². The van der Waals surface area contributed by atoms with Crippen molar-refractivity contribution < 1.29 is 14.6 Å². The van der Waals surface area contributed by atoms with Crippen LogP contribution in [-0.2, 0) is 22.5 Å². The second kappa shape index (κ2) is 11.2. The predicted octanol–water partition coefficient (Wildman–Crippen LogP) is 2.51. The second-order valence-electron chi connectivity index (χ2n) is 8.17. The van der Waals surface area contributed by atoms with E-state index in [1.54, 1.807) is 11.9 Å². The Morgan fingerprint density at radius 2 is 1.87 bits per heavy atom. The van der Waals surface area contributed by atoms with Gasteiger partial charge in [-0.25, -0.2) is 0 Å². The second-order valence-corrected chi connectivity index (χ2v) is 8.17. The van der Waals surface area contributed by atoms with Crippen molar-refractivity contribution in [1.29, 1.82) is 0 Å². The van der Waals surface area contributed by atoms with Crippen molar-refractivity contribution in [2.45, 2.75) is 50.5 Å². The summed E-state index contributed by atoms with van der Waals surface area (Å²) < 4.78 is 6.05. The van der Waals surface area contributed by atoms with E-state index in [2.05, 4.69) is 16.9 Å². The summed E-state index contributed by atoms with van der Waals surface area (Å²) in [5, 5.41) is 10.4. The van der Waals surface area contributed by atoms with Crippen LogP contribution in [0.2, 0.25) is 0 Å². The first kappa shape index (κ1) is 22.4. The van der Waals surface area contributed by atoms with Gasteiger partial charge in [0.25, 0.3) is 5.91 Å². The van der Waals surface area contributed by atoms with Crippen molar-refractivity contribution in [2.24, 2.45) is 0 Å². The Bertz CT molecular complexity index is 772. The number of benzene rings is 1. The van der Waals surface area contributed by atoms with Gasteiger partial charge in [-0.2, -0.15) is 0 Å². The van der Waals surface area contributed by atoms with Crippen molar-refractivity contribution in [3.05, 3.63) is 66.0 Å². The topological polar surface area (TPSA) is 65.9 Å². The molecule has 2 heterocycles. The van der Waals surface area contributed by atoms with Gasteiger partial charge in [-0.1, -0.05) is 36.4 Å². The van der Waals surface area contributed by atoms with Crippen LogP contribution < -0.4 is 0 Å². The maximum Gasteiger partial charge on any atom is 0.254 e. The summed E-state index contributed by atoms with van der Waals surface area (Å²) in [5.74, 6) is -0.153. The standard InChI is InChI=1S/C24H33N3O3/c1-26(16-13-20-10-6-7-15-25-20)17-14-21-11-12-22(28)23(30-21)24(29)27(2)18-19-8-4-3-5-9-19/h3-10,15,21-23,28H,11-14,16-18H2,1-2H3. The van der Waals surface area contributed by atoms with Gasteiger partial charge in [0.2, 0.25) is 0 Å². The highest BCUT2D eigenvalue weighted by atomic mass is 16.5. The fourth-order valence-electron chi connectivity index (χ4n) is 3.79. The molecule has 162 valence electrons. The predicted molar refractivity (Wildman–Crippen MR) is 117 cm³/mol. The van der Waals surface area contributed by atoms with E-state index in [9.17, 15) is 9.90 Å². The van der Waals surface area contributed by atoms with Crippen LogP contribution in [0.4, 0.5) is 0 Å². The van der Waals surface area contributed by atoms with E-state index in [1.807, 2.05) is 54.7 Å². The number of carbonyl (C=O) groups excluding carboxylic acids is 1. The molecule has 0 bridgehead atoms. The van der Waals surface area contributed by atoms with Crippen LogP contribution in [0.1, 0.15) is 30.5 Å². The number of ether oxygens (including phenoxy) is 1. The third-order valence-corrected chi connectivity index (χ3v) is 5.66. The van der Waals surface area contributed by atoms with Gasteiger partial charge in [-0.3, -0.25) is 9.78 Å². The van der Waals surface area contributed by atoms with Crippen molar-refractivity contribution in [3.8, 4) is 0 Å². The normalized spacial score (nSPS) is 21.5. The fourth-order valence-corrected chi connectivity index (χ4v) is 3.79. The molecular formula is C24H33N3O3. The largest absolute Gasteiger partial charge is 0.390 e. The SMILES string of the molecule is CN(CCc1ccccn1)CCC1CCC(O)C(C(=O)N(C)Cc2ccccc2)O1. The van der Waals surface area contributed by atoms with Crippen molar-refractivity contribution in [3.63, 3.8) is 0 Å². The number of carbonyl (C=O) groups is 1. The fraction of sp³-hybridized carbons (Fsp3) is 0.500. The minimum atomic E-state index is -0.781. The van der Waals surface area contributed by atoms with Crippen molar-refractivity contribution in [1.82, 2.24) is 14.8 Å². The van der Waals surface area contributed by atoms with Gasteiger partial charge in [-0.05, 0) is 44.0 Å². The molecule has 30 heavy (non-hydrogen) atoms. The molecule has 1 N–H and O–H groups in total. The van der Waals surface area contributed by atoms with Crippen molar-refractivity contribution >= 4 is 5.91 Å². The number of pyridine rings is 1. The maximum atomic E-state index is 12.9. The van der Waals surface area contributed by atoms with Gasteiger partial charge in [0.15, 0.2) is 6.10 Å². The van der Waals surface area contributed by atoms with E-state index in [0.29, 0.717) is 13.0 Å². The lowest BCUT2D eigenvalue weighted by molar-refractivity contribution is -0.167. The average Bonchev–Trinajstić information content (AvgIpc) is 2.78. The third kappa shape index (κ3) is 6.62. The van der Waals surface area contributed by atoms with E-state index >= 15 is 0 Å². The zero-order valence-electron chi connectivity index (χ0n) is 18.0. The summed E-state index contributed by atoms with van der Waals surface area (Å²) in [6, 6.07) is 15.8. The molecule has 1 aliphatic rings. The molecule has 1 saturated heterocycles. The molecule has 0 saturated carbocycles. The van der Waals surface area contributed by atoms with Crippen LogP contribution in [-0.4, -0.2) is 71.3 Å². The molecule has 0 spiro atoms.